The maximum Gasteiger partial charge on any atom is 0.416 e. The van der Waals surface area contributed by atoms with E-state index in [4.69, 9.17) is 9.15 Å². The van der Waals surface area contributed by atoms with Gasteiger partial charge in [0.15, 0.2) is 0 Å². The van der Waals surface area contributed by atoms with Crippen molar-refractivity contribution < 1.29 is 13.5 Å². The summed E-state index contributed by atoms with van der Waals surface area (Å²) >= 11 is 1.45. The summed E-state index contributed by atoms with van der Waals surface area (Å²) in [7, 11) is 0. The van der Waals surface area contributed by atoms with E-state index >= 15 is 0 Å². The highest BCUT2D eigenvalue weighted by atomic mass is 32.2. The molecule has 0 bridgehead atoms. The van der Waals surface area contributed by atoms with Gasteiger partial charge in [0.1, 0.15) is 23.3 Å². The second-order valence-electron chi connectivity index (χ2n) is 3.21. The molecule has 1 N–H and O–H groups in total. The zero-order valence-electron chi connectivity index (χ0n) is 8.81. The van der Waals surface area contributed by atoms with Gasteiger partial charge in [0.2, 0.25) is 0 Å². The highest BCUT2D eigenvalue weighted by Gasteiger charge is 2.00. The summed E-state index contributed by atoms with van der Waals surface area (Å²) in [6, 6.07) is 5.80. The first-order valence-corrected chi connectivity index (χ1v) is 6.03. The molecule has 0 aliphatic heterocycles. The van der Waals surface area contributed by atoms with Crippen molar-refractivity contribution in [3.63, 3.8) is 0 Å². The van der Waals surface area contributed by atoms with Crippen molar-refractivity contribution in [1.29, 1.82) is 0 Å². The van der Waals surface area contributed by atoms with Crippen LogP contribution in [0.5, 0.6) is 5.75 Å². The molecule has 0 radical (unpaired) electrons. The lowest BCUT2D eigenvalue weighted by Gasteiger charge is -2.04. The molecule has 4 nitrogen and oxygen atoms in total. The van der Waals surface area contributed by atoms with Crippen LogP contribution in [0.15, 0.2) is 39.7 Å². The van der Waals surface area contributed by atoms with Gasteiger partial charge in [-0.2, -0.15) is 0 Å². The fourth-order valence-corrected chi connectivity index (χ4v) is 1.82. The summed E-state index contributed by atoms with van der Waals surface area (Å²) < 4.78 is 22.8. The molecule has 6 heteroatoms. The van der Waals surface area contributed by atoms with Crippen molar-refractivity contribution >= 4 is 11.8 Å². The third-order valence-corrected chi connectivity index (χ3v) is 2.71. The Morgan fingerprint density at radius 1 is 1.35 bits per heavy atom. The Bertz CT molecular complexity index is 520. The number of benzene rings is 1. The Labute approximate surface area is 101 Å². The molecular weight excluding hydrogens is 245 g/mol. The van der Waals surface area contributed by atoms with Crippen LogP contribution in [0.3, 0.4) is 0 Å². The molecule has 0 unspecified atom stereocenters. The van der Waals surface area contributed by atoms with Gasteiger partial charge in [-0.1, -0.05) is 0 Å². The minimum atomic E-state index is -0.458. The number of hydrogen-bond donors (Lipinski definition) is 1. The molecule has 0 amide bonds. The van der Waals surface area contributed by atoms with Crippen LogP contribution in [0.2, 0.25) is 0 Å². The minimum Gasteiger partial charge on any atom is -0.483 e. The van der Waals surface area contributed by atoms with E-state index in [0.29, 0.717) is 23.2 Å². The Balaban J connectivity index is 1.73. The van der Waals surface area contributed by atoms with Gasteiger partial charge in [-0.15, -0.1) is 11.8 Å². The average Bonchev–Trinajstić information content (AvgIpc) is 2.73. The normalized spacial score (nSPS) is 10.4. The van der Waals surface area contributed by atoms with Gasteiger partial charge >= 0.3 is 5.76 Å². The lowest BCUT2D eigenvalue weighted by molar-refractivity contribution is 0.391. The second kappa shape index (κ2) is 5.58. The van der Waals surface area contributed by atoms with Crippen molar-refractivity contribution in [2.45, 2.75) is 5.75 Å². The smallest absolute Gasteiger partial charge is 0.416 e. The maximum atomic E-state index is 12.6. The third kappa shape index (κ3) is 3.67. The van der Waals surface area contributed by atoms with Gasteiger partial charge in [0.25, 0.3) is 0 Å². The van der Waals surface area contributed by atoms with E-state index in [-0.39, 0.29) is 5.82 Å². The van der Waals surface area contributed by atoms with Crippen LogP contribution in [0.4, 0.5) is 4.39 Å². The minimum absolute atomic E-state index is 0.292. The number of hydrogen-bond acceptors (Lipinski definition) is 4. The summed E-state index contributed by atoms with van der Waals surface area (Å²) in [6.45, 7) is 0. The molecule has 0 atom stereocenters. The van der Waals surface area contributed by atoms with E-state index < -0.39 is 5.76 Å². The molecule has 0 saturated carbocycles. The van der Waals surface area contributed by atoms with E-state index in [0.717, 1.165) is 0 Å². The fraction of sp³-hybridized carbons (Fsp3) is 0.182. The zero-order chi connectivity index (χ0) is 12.1. The predicted molar refractivity (Wildman–Crippen MR) is 62.5 cm³/mol. The number of nitrogens with one attached hydrogen (secondary N) is 1. The number of halogens is 1. The summed E-state index contributed by atoms with van der Waals surface area (Å²) in [4.78, 5) is 13.1. The lowest BCUT2D eigenvalue weighted by Crippen LogP contribution is -1.94. The van der Waals surface area contributed by atoms with Crippen molar-refractivity contribution in [2.75, 3.05) is 5.94 Å². The van der Waals surface area contributed by atoms with Crippen LogP contribution >= 0.6 is 11.8 Å². The van der Waals surface area contributed by atoms with Crippen LogP contribution < -0.4 is 10.5 Å². The lowest BCUT2D eigenvalue weighted by atomic mass is 10.3. The molecule has 0 aliphatic carbocycles. The molecule has 2 rings (SSSR count). The molecule has 0 saturated heterocycles. The van der Waals surface area contributed by atoms with E-state index in [1.807, 2.05) is 0 Å². The Kier molecular flexibility index (Phi) is 3.87. The summed E-state index contributed by atoms with van der Waals surface area (Å²) in [5.41, 5.74) is 0. The van der Waals surface area contributed by atoms with Gasteiger partial charge in [-0.05, 0) is 24.3 Å². The highest BCUT2D eigenvalue weighted by Crippen LogP contribution is 2.15. The van der Waals surface area contributed by atoms with Gasteiger partial charge in [0, 0.05) is 6.20 Å². The molecule has 90 valence electrons. The topological polar surface area (TPSA) is 55.2 Å². The molecule has 2 aromatic rings. The molecule has 1 heterocycles. The zero-order valence-corrected chi connectivity index (χ0v) is 9.63. The van der Waals surface area contributed by atoms with Crippen LogP contribution in [0.1, 0.15) is 5.76 Å². The van der Waals surface area contributed by atoms with Gasteiger partial charge < -0.3 is 9.15 Å². The van der Waals surface area contributed by atoms with Gasteiger partial charge in [-0.25, -0.2) is 9.18 Å². The highest BCUT2D eigenvalue weighted by molar-refractivity contribution is 7.98. The standard InChI is InChI=1S/C11H10FNO3S/c12-8-1-3-9(4-2-8)15-7-17-6-10-5-13-11(14)16-10/h1-5H,6-7H2,(H,13,14). The van der Waals surface area contributed by atoms with Crippen molar-refractivity contribution in [3.8, 4) is 5.75 Å². The molecule has 0 spiro atoms. The van der Waals surface area contributed by atoms with Gasteiger partial charge in [-0.3, -0.25) is 4.98 Å². The predicted octanol–water partition coefficient (Wildman–Crippen LogP) is 2.38. The number of aromatic nitrogens is 1. The van der Waals surface area contributed by atoms with E-state index in [1.165, 1.54) is 30.1 Å². The molecule has 1 aromatic heterocycles. The Hall–Kier alpha value is -1.69. The summed E-state index contributed by atoms with van der Waals surface area (Å²) in [5.74, 6) is 1.37. The second-order valence-corrected chi connectivity index (χ2v) is 4.14. The average molecular weight is 255 g/mol. The molecule has 1 aromatic carbocycles. The molecular formula is C11H10FNO3S. The molecule has 0 fully saturated rings. The fourth-order valence-electron chi connectivity index (χ4n) is 1.17. The molecule has 0 aliphatic rings. The number of oxazole rings is 1. The van der Waals surface area contributed by atoms with E-state index in [9.17, 15) is 9.18 Å². The van der Waals surface area contributed by atoms with E-state index in [2.05, 4.69) is 4.98 Å². The largest absolute Gasteiger partial charge is 0.483 e. The number of rotatable bonds is 5. The summed E-state index contributed by atoms with van der Waals surface area (Å²) in [6.07, 6.45) is 1.52. The van der Waals surface area contributed by atoms with E-state index in [1.54, 1.807) is 12.1 Å². The Morgan fingerprint density at radius 3 is 2.76 bits per heavy atom. The van der Waals surface area contributed by atoms with Crippen molar-refractivity contribution in [2.24, 2.45) is 0 Å². The van der Waals surface area contributed by atoms with Crippen LogP contribution in [-0.4, -0.2) is 10.9 Å². The number of aromatic amines is 1. The monoisotopic (exact) mass is 255 g/mol. The first-order chi connectivity index (χ1) is 8.24. The maximum absolute atomic E-state index is 12.6. The Morgan fingerprint density at radius 2 is 2.12 bits per heavy atom. The van der Waals surface area contributed by atoms with Crippen molar-refractivity contribution in [1.82, 2.24) is 4.98 Å². The number of ether oxygens (including phenoxy) is 1. The third-order valence-electron chi connectivity index (χ3n) is 1.94. The van der Waals surface area contributed by atoms with Gasteiger partial charge in [0.05, 0.1) is 5.75 Å². The first kappa shape index (κ1) is 11.8. The quantitative estimate of drug-likeness (QED) is 0.658. The molecule has 17 heavy (non-hydrogen) atoms. The summed E-state index contributed by atoms with van der Waals surface area (Å²) in [5, 5.41) is 0. The van der Waals surface area contributed by atoms with Crippen LogP contribution in [-0.2, 0) is 5.75 Å². The first-order valence-electron chi connectivity index (χ1n) is 4.87. The van der Waals surface area contributed by atoms with Crippen LogP contribution in [0, 0.1) is 5.82 Å². The number of thioether (sulfide) groups is 1. The SMILES string of the molecule is O=c1[nH]cc(CSCOc2ccc(F)cc2)o1. The van der Waals surface area contributed by atoms with Crippen LogP contribution in [0.25, 0.3) is 0 Å². The van der Waals surface area contributed by atoms with Crippen molar-refractivity contribution in [3.05, 3.63) is 52.6 Å². The number of H-pyrrole nitrogens is 1.